The summed E-state index contributed by atoms with van der Waals surface area (Å²) in [7, 11) is -4.86. The lowest BCUT2D eigenvalue weighted by atomic mass is 10.2. The molecule has 0 amide bonds. The highest BCUT2D eigenvalue weighted by atomic mass is 32.2. The smallest absolute Gasteiger partial charge is 0.212 e. The molecule has 0 bridgehead atoms. The van der Waals surface area contributed by atoms with Crippen LogP contribution in [0.1, 0.15) is 5.56 Å². The van der Waals surface area contributed by atoms with Crippen LogP contribution in [0.15, 0.2) is 23.1 Å². The fraction of sp³-hybridized carbons (Fsp3) is 0.364. The van der Waals surface area contributed by atoms with Gasteiger partial charge >= 0.3 is 0 Å². The normalized spacial score (nSPS) is 12.3. The number of rotatable bonds is 6. The first-order valence-electron chi connectivity index (χ1n) is 5.69. The number of nitrogens with zero attached hydrogens (tertiary/aromatic N) is 2. The van der Waals surface area contributed by atoms with Crippen LogP contribution in [0.3, 0.4) is 0 Å². The van der Waals surface area contributed by atoms with E-state index in [0.29, 0.717) is 0 Å². The molecular weight excluding hydrogens is 321 g/mol. The molecule has 0 aliphatic heterocycles. The topological polar surface area (TPSA) is 107 Å². The molecular formula is C11H14FN3O4S2. The first kappa shape index (κ1) is 17.5. The summed E-state index contributed by atoms with van der Waals surface area (Å²) < 4.78 is 63.0. The third-order valence-electron chi connectivity index (χ3n) is 2.58. The van der Waals surface area contributed by atoms with Crippen molar-refractivity contribution in [2.45, 2.75) is 4.90 Å². The van der Waals surface area contributed by atoms with Crippen LogP contribution in [0.2, 0.25) is 0 Å². The van der Waals surface area contributed by atoms with Crippen molar-refractivity contribution in [2.24, 2.45) is 0 Å². The molecule has 1 aromatic rings. The minimum Gasteiger partial charge on any atom is -0.212 e. The van der Waals surface area contributed by atoms with Crippen molar-refractivity contribution < 1.29 is 21.2 Å². The van der Waals surface area contributed by atoms with Crippen LogP contribution >= 0.6 is 0 Å². The maximum atomic E-state index is 13.1. The van der Waals surface area contributed by atoms with Gasteiger partial charge < -0.3 is 0 Å². The summed E-state index contributed by atoms with van der Waals surface area (Å²) in [6, 6.07) is 4.28. The molecule has 10 heteroatoms. The molecule has 1 N–H and O–H groups in total. The van der Waals surface area contributed by atoms with E-state index in [9.17, 15) is 21.2 Å². The van der Waals surface area contributed by atoms with Crippen molar-refractivity contribution in [3.8, 4) is 6.07 Å². The molecule has 116 valence electrons. The Hall–Kier alpha value is -1.54. The number of hydrogen-bond acceptors (Lipinski definition) is 5. The van der Waals surface area contributed by atoms with E-state index < -0.39 is 37.2 Å². The first-order chi connectivity index (χ1) is 9.60. The van der Waals surface area contributed by atoms with Crippen molar-refractivity contribution in [3.05, 3.63) is 29.6 Å². The van der Waals surface area contributed by atoms with Crippen molar-refractivity contribution >= 4 is 20.0 Å². The molecule has 0 aliphatic rings. The Balaban J connectivity index is 2.87. The zero-order valence-corrected chi connectivity index (χ0v) is 13.0. The summed E-state index contributed by atoms with van der Waals surface area (Å²) >= 11 is 0. The Morgan fingerprint density at radius 1 is 1.29 bits per heavy atom. The fourth-order valence-corrected chi connectivity index (χ4v) is 3.24. The van der Waals surface area contributed by atoms with E-state index in [1.807, 2.05) is 0 Å². The highest BCUT2D eigenvalue weighted by Crippen LogP contribution is 2.14. The predicted molar refractivity (Wildman–Crippen MR) is 73.8 cm³/mol. The third-order valence-corrected chi connectivity index (χ3v) is 5.87. The molecule has 7 nitrogen and oxygen atoms in total. The molecule has 0 atom stereocenters. The second-order valence-electron chi connectivity index (χ2n) is 4.25. The Labute approximate surface area is 123 Å². The van der Waals surface area contributed by atoms with Crippen LogP contribution in [0.4, 0.5) is 4.39 Å². The minimum absolute atomic E-state index is 0.303. The summed E-state index contributed by atoms with van der Waals surface area (Å²) in [5.74, 6) is -1.24. The van der Waals surface area contributed by atoms with E-state index in [1.165, 1.54) is 20.2 Å². The highest BCUT2D eigenvalue weighted by Gasteiger charge is 2.19. The molecule has 0 fully saturated rings. The largest absolute Gasteiger partial charge is 0.240 e. The number of nitriles is 1. The van der Waals surface area contributed by atoms with E-state index in [0.717, 1.165) is 22.5 Å². The van der Waals surface area contributed by atoms with E-state index in [-0.39, 0.29) is 11.4 Å². The second-order valence-corrected chi connectivity index (χ2v) is 8.32. The molecule has 0 saturated carbocycles. The molecule has 1 rings (SSSR count). The Morgan fingerprint density at radius 2 is 1.90 bits per heavy atom. The van der Waals surface area contributed by atoms with Gasteiger partial charge in [0.15, 0.2) is 0 Å². The second kappa shape index (κ2) is 6.48. The minimum atomic E-state index is -4.01. The summed E-state index contributed by atoms with van der Waals surface area (Å²) in [4.78, 5) is -0.303. The predicted octanol–water partition coefficient (Wildman–Crippen LogP) is -0.133. The monoisotopic (exact) mass is 335 g/mol. The maximum absolute atomic E-state index is 13.1. The lowest BCUT2D eigenvalue weighted by Gasteiger charge is -2.12. The number of halogens is 1. The van der Waals surface area contributed by atoms with Gasteiger partial charge in [-0.1, -0.05) is 0 Å². The Kier molecular flexibility index (Phi) is 5.41. The van der Waals surface area contributed by atoms with Crippen LogP contribution in [-0.4, -0.2) is 47.5 Å². The van der Waals surface area contributed by atoms with Crippen molar-refractivity contribution in [1.82, 2.24) is 9.03 Å². The molecule has 1 aromatic carbocycles. The van der Waals surface area contributed by atoms with Gasteiger partial charge in [-0.05, 0) is 18.2 Å². The third kappa shape index (κ3) is 4.47. The van der Waals surface area contributed by atoms with Gasteiger partial charge in [0, 0.05) is 20.6 Å². The lowest BCUT2D eigenvalue weighted by molar-refractivity contribution is 0.519. The summed E-state index contributed by atoms with van der Waals surface area (Å²) in [5.41, 5.74) is -0.404. The van der Waals surface area contributed by atoms with Crippen LogP contribution < -0.4 is 4.72 Å². The molecule has 21 heavy (non-hydrogen) atoms. The Bertz CT molecular complexity index is 767. The van der Waals surface area contributed by atoms with E-state index in [2.05, 4.69) is 4.72 Å². The fourth-order valence-electron chi connectivity index (χ4n) is 1.33. The molecule has 0 radical (unpaired) electrons. The summed E-state index contributed by atoms with van der Waals surface area (Å²) in [6.45, 7) is -0.331. The quantitative estimate of drug-likeness (QED) is 0.779. The first-order valence-corrected chi connectivity index (χ1v) is 8.79. The van der Waals surface area contributed by atoms with Gasteiger partial charge in [-0.25, -0.2) is 30.3 Å². The number of sulfonamides is 2. The van der Waals surface area contributed by atoms with E-state index >= 15 is 0 Å². The van der Waals surface area contributed by atoms with Crippen LogP contribution in [0.25, 0.3) is 0 Å². The SMILES string of the molecule is CN(C)S(=O)(=O)CCNS(=O)(=O)c1ccc(F)c(C#N)c1. The highest BCUT2D eigenvalue weighted by molar-refractivity contribution is 7.90. The van der Waals surface area contributed by atoms with Gasteiger partial charge in [0.05, 0.1) is 16.2 Å². The van der Waals surface area contributed by atoms with Gasteiger partial charge in [0.2, 0.25) is 20.0 Å². The van der Waals surface area contributed by atoms with Gasteiger partial charge in [0.1, 0.15) is 11.9 Å². The van der Waals surface area contributed by atoms with E-state index in [1.54, 1.807) is 0 Å². The van der Waals surface area contributed by atoms with Crippen LogP contribution in [0, 0.1) is 17.1 Å². The van der Waals surface area contributed by atoms with Gasteiger partial charge in [-0.2, -0.15) is 5.26 Å². The molecule has 0 saturated heterocycles. The maximum Gasteiger partial charge on any atom is 0.240 e. The lowest BCUT2D eigenvalue weighted by Crippen LogP contribution is -2.34. The average molecular weight is 335 g/mol. The van der Waals surface area contributed by atoms with Gasteiger partial charge in [-0.3, -0.25) is 0 Å². The molecule has 0 heterocycles. The molecule has 0 unspecified atom stereocenters. The van der Waals surface area contributed by atoms with Gasteiger partial charge in [-0.15, -0.1) is 0 Å². The Morgan fingerprint density at radius 3 is 2.43 bits per heavy atom. The van der Waals surface area contributed by atoms with Gasteiger partial charge in [0.25, 0.3) is 0 Å². The zero-order chi connectivity index (χ0) is 16.3. The van der Waals surface area contributed by atoms with Crippen LogP contribution in [0.5, 0.6) is 0 Å². The van der Waals surface area contributed by atoms with Crippen molar-refractivity contribution in [1.29, 1.82) is 5.26 Å². The standard InChI is InChI=1S/C11H14FN3O4S2/c1-15(2)20(16,17)6-5-14-21(18,19)10-3-4-11(12)9(7-10)8-13/h3-4,7,14H,5-6H2,1-2H3. The summed E-state index contributed by atoms with van der Waals surface area (Å²) in [5, 5.41) is 8.66. The number of nitrogens with one attached hydrogen (secondary N) is 1. The number of hydrogen-bond donors (Lipinski definition) is 1. The average Bonchev–Trinajstić information content (AvgIpc) is 2.38. The van der Waals surface area contributed by atoms with Crippen molar-refractivity contribution in [3.63, 3.8) is 0 Å². The zero-order valence-electron chi connectivity index (χ0n) is 11.4. The van der Waals surface area contributed by atoms with Crippen LogP contribution in [-0.2, 0) is 20.0 Å². The summed E-state index contributed by atoms with van der Waals surface area (Å²) in [6.07, 6.45) is 0. The molecule has 0 aliphatic carbocycles. The molecule has 0 spiro atoms. The van der Waals surface area contributed by atoms with E-state index in [4.69, 9.17) is 5.26 Å². The number of benzene rings is 1. The molecule has 0 aromatic heterocycles. The van der Waals surface area contributed by atoms with Crippen molar-refractivity contribution in [2.75, 3.05) is 26.4 Å².